The van der Waals surface area contributed by atoms with Crippen molar-refractivity contribution >= 4 is 0 Å². The van der Waals surface area contributed by atoms with Gasteiger partial charge in [0.25, 0.3) is 0 Å². The van der Waals surface area contributed by atoms with Crippen molar-refractivity contribution in [2.75, 3.05) is 6.61 Å². The van der Waals surface area contributed by atoms with E-state index in [1.54, 1.807) is 24.7 Å². The van der Waals surface area contributed by atoms with E-state index in [9.17, 15) is 5.11 Å². The number of nitrogens with zero attached hydrogens (tertiary/aromatic N) is 3. The lowest BCUT2D eigenvalue weighted by Gasteiger charge is -2.12. The zero-order valence-corrected chi connectivity index (χ0v) is 13.1. The van der Waals surface area contributed by atoms with Gasteiger partial charge in [0.15, 0.2) is 0 Å². The molecule has 114 valence electrons. The molecule has 1 heterocycles. The van der Waals surface area contributed by atoms with Crippen molar-refractivity contribution in [1.82, 2.24) is 15.0 Å². The van der Waals surface area contributed by atoms with Gasteiger partial charge < -0.3 is 9.84 Å². The monoisotopic (exact) mass is 289 g/mol. The minimum atomic E-state index is -0.951. The number of rotatable bonds is 6. The molecule has 0 saturated carbocycles. The average Bonchev–Trinajstić information content (AvgIpc) is 2.87. The topological polar surface area (TPSA) is 60.2 Å². The highest BCUT2D eigenvalue weighted by molar-refractivity contribution is 5.35. The first-order chi connectivity index (χ1) is 9.86. The van der Waals surface area contributed by atoms with Crippen molar-refractivity contribution in [3.8, 4) is 5.75 Å². The van der Waals surface area contributed by atoms with Crippen LogP contribution in [0.1, 0.15) is 37.1 Å². The smallest absolute Gasteiger partial charge is 0.122 e. The molecule has 0 fully saturated rings. The van der Waals surface area contributed by atoms with Crippen LogP contribution in [-0.4, -0.2) is 26.7 Å². The molecule has 21 heavy (non-hydrogen) atoms. The minimum Gasteiger partial charge on any atom is -0.493 e. The van der Waals surface area contributed by atoms with Gasteiger partial charge >= 0.3 is 0 Å². The summed E-state index contributed by atoms with van der Waals surface area (Å²) in [5.74, 6) is 0.936. The van der Waals surface area contributed by atoms with E-state index in [1.165, 1.54) is 5.56 Å². The number of hydrogen-bond acceptors (Lipinski definition) is 4. The Morgan fingerprint density at radius 3 is 2.71 bits per heavy atom. The normalized spacial score (nSPS) is 11.7. The number of hydrogen-bond donors (Lipinski definition) is 1. The molecular formula is C16H23N3O2. The molecule has 1 aromatic heterocycles. The molecule has 1 aromatic carbocycles. The number of aromatic nitrogens is 3. The van der Waals surface area contributed by atoms with Crippen LogP contribution in [0.4, 0.5) is 0 Å². The molecule has 0 aliphatic rings. The van der Waals surface area contributed by atoms with Crippen LogP contribution < -0.4 is 4.74 Å². The van der Waals surface area contributed by atoms with Crippen LogP contribution in [0.2, 0.25) is 0 Å². The standard InChI is InChI=1S/C16H23N3O2/c1-12-6-7-13(2)14(10-12)21-9-5-8-19-11-15(17-18-19)16(3,4)20/h6-7,10-11,20H,5,8-9H2,1-4H3. The maximum absolute atomic E-state index is 9.84. The highest BCUT2D eigenvalue weighted by Gasteiger charge is 2.19. The van der Waals surface area contributed by atoms with Gasteiger partial charge in [-0.2, -0.15) is 0 Å². The Hall–Kier alpha value is -1.88. The van der Waals surface area contributed by atoms with Gasteiger partial charge in [-0.25, -0.2) is 0 Å². The molecule has 0 spiro atoms. The predicted molar refractivity (Wildman–Crippen MR) is 81.3 cm³/mol. The number of ether oxygens (including phenoxy) is 1. The van der Waals surface area contributed by atoms with E-state index in [1.807, 2.05) is 6.92 Å². The molecule has 0 radical (unpaired) electrons. The number of aliphatic hydroxyl groups is 1. The van der Waals surface area contributed by atoms with E-state index in [-0.39, 0.29) is 0 Å². The first-order valence-corrected chi connectivity index (χ1v) is 7.19. The molecule has 2 aromatic rings. The van der Waals surface area contributed by atoms with Crippen molar-refractivity contribution in [2.45, 2.75) is 46.3 Å². The van der Waals surface area contributed by atoms with Crippen LogP contribution in [0.25, 0.3) is 0 Å². The molecule has 0 saturated heterocycles. The molecule has 0 unspecified atom stereocenters. The Balaban J connectivity index is 1.82. The highest BCUT2D eigenvalue weighted by Crippen LogP contribution is 2.19. The second kappa shape index (κ2) is 6.26. The summed E-state index contributed by atoms with van der Waals surface area (Å²) in [4.78, 5) is 0. The van der Waals surface area contributed by atoms with Gasteiger partial charge in [0.1, 0.15) is 17.0 Å². The van der Waals surface area contributed by atoms with Crippen LogP contribution in [0.15, 0.2) is 24.4 Å². The molecule has 5 heteroatoms. The van der Waals surface area contributed by atoms with E-state index < -0.39 is 5.60 Å². The fraction of sp³-hybridized carbons (Fsp3) is 0.500. The van der Waals surface area contributed by atoms with Crippen LogP contribution in [0, 0.1) is 13.8 Å². The molecular weight excluding hydrogens is 266 g/mol. The van der Waals surface area contributed by atoms with E-state index in [4.69, 9.17) is 4.74 Å². The SMILES string of the molecule is Cc1ccc(C)c(OCCCn2cc(C(C)(C)O)nn2)c1. The Kier molecular flexibility index (Phi) is 4.63. The Morgan fingerprint density at radius 1 is 1.29 bits per heavy atom. The predicted octanol–water partition coefficient (Wildman–Crippen LogP) is 2.59. The fourth-order valence-electron chi connectivity index (χ4n) is 1.96. The van der Waals surface area contributed by atoms with Gasteiger partial charge in [0.2, 0.25) is 0 Å². The van der Waals surface area contributed by atoms with Gasteiger partial charge in [-0.3, -0.25) is 4.68 Å². The van der Waals surface area contributed by atoms with Gasteiger partial charge in [0.05, 0.1) is 12.8 Å². The molecule has 0 aliphatic heterocycles. The third kappa shape index (κ3) is 4.29. The number of aryl methyl sites for hydroxylation is 3. The Bertz CT molecular complexity index is 600. The summed E-state index contributed by atoms with van der Waals surface area (Å²) in [7, 11) is 0. The maximum atomic E-state index is 9.84. The summed E-state index contributed by atoms with van der Waals surface area (Å²) in [5, 5.41) is 17.8. The Morgan fingerprint density at radius 2 is 2.05 bits per heavy atom. The van der Waals surface area contributed by atoms with Gasteiger partial charge in [-0.05, 0) is 44.9 Å². The fourth-order valence-corrected chi connectivity index (χ4v) is 1.96. The first kappa shape index (κ1) is 15.5. The van der Waals surface area contributed by atoms with E-state index in [0.29, 0.717) is 18.8 Å². The van der Waals surface area contributed by atoms with Gasteiger partial charge in [-0.1, -0.05) is 17.3 Å². The zero-order chi connectivity index (χ0) is 15.5. The summed E-state index contributed by atoms with van der Waals surface area (Å²) in [6.07, 6.45) is 2.61. The maximum Gasteiger partial charge on any atom is 0.122 e. The lowest BCUT2D eigenvalue weighted by atomic mass is 10.1. The average molecular weight is 289 g/mol. The lowest BCUT2D eigenvalue weighted by molar-refractivity contribution is 0.0737. The van der Waals surface area contributed by atoms with E-state index >= 15 is 0 Å². The number of benzene rings is 1. The van der Waals surface area contributed by atoms with Crippen molar-refractivity contribution < 1.29 is 9.84 Å². The molecule has 5 nitrogen and oxygen atoms in total. The van der Waals surface area contributed by atoms with Crippen LogP contribution >= 0.6 is 0 Å². The van der Waals surface area contributed by atoms with Crippen molar-refractivity contribution in [3.63, 3.8) is 0 Å². The summed E-state index contributed by atoms with van der Waals surface area (Å²) in [6, 6.07) is 6.20. The first-order valence-electron chi connectivity index (χ1n) is 7.19. The summed E-state index contributed by atoms with van der Waals surface area (Å²) >= 11 is 0. The van der Waals surface area contributed by atoms with Gasteiger partial charge in [0, 0.05) is 13.0 Å². The highest BCUT2D eigenvalue weighted by atomic mass is 16.5. The second-order valence-electron chi connectivity index (χ2n) is 5.90. The molecule has 0 atom stereocenters. The molecule has 0 aliphatic carbocycles. The third-order valence-corrected chi connectivity index (χ3v) is 3.30. The second-order valence-corrected chi connectivity index (χ2v) is 5.90. The van der Waals surface area contributed by atoms with Crippen molar-refractivity contribution in [2.24, 2.45) is 0 Å². The molecule has 0 amide bonds. The largest absolute Gasteiger partial charge is 0.493 e. The van der Waals surface area contributed by atoms with Crippen molar-refractivity contribution in [3.05, 3.63) is 41.2 Å². The van der Waals surface area contributed by atoms with Gasteiger partial charge in [-0.15, -0.1) is 5.10 Å². The molecule has 2 rings (SSSR count). The quantitative estimate of drug-likeness (QED) is 0.830. The Labute approximate surface area is 125 Å². The van der Waals surface area contributed by atoms with Crippen molar-refractivity contribution in [1.29, 1.82) is 0 Å². The minimum absolute atomic E-state index is 0.581. The van der Waals surface area contributed by atoms with E-state index in [2.05, 4.69) is 35.4 Å². The molecule has 1 N–H and O–H groups in total. The lowest BCUT2D eigenvalue weighted by Crippen LogP contribution is -2.15. The van der Waals surface area contributed by atoms with Crippen LogP contribution in [0.5, 0.6) is 5.75 Å². The third-order valence-electron chi connectivity index (χ3n) is 3.30. The summed E-state index contributed by atoms with van der Waals surface area (Å²) in [6.45, 7) is 8.84. The van der Waals surface area contributed by atoms with E-state index in [0.717, 1.165) is 17.7 Å². The summed E-state index contributed by atoms with van der Waals surface area (Å²) in [5.41, 5.74) is 1.97. The molecule has 0 bridgehead atoms. The van der Waals surface area contributed by atoms with Crippen LogP contribution in [-0.2, 0) is 12.1 Å². The van der Waals surface area contributed by atoms with Crippen LogP contribution in [0.3, 0.4) is 0 Å². The summed E-state index contributed by atoms with van der Waals surface area (Å²) < 4.78 is 7.54. The zero-order valence-electron chi connectivity index (χ0n) is 13.1.